The Bertz CT molecular complexity index is 516. The van der Waals surface area contributed by atoms with Crippen molar-refractivity contribution >= 4 is 37.6 Å². The highest BCUT2D eigenvalue weighted by Gasteiger charge is 2.20. The van der Waals surface area contributed by atoms with Gasteiger partial charge in [0.25, 0.3) is 0 Å². The van der Waals surface area contributed by atoms with Crippen LogP contribution in [0.25, 0.3) is 0 Å². The van der Waals surface area contributed by atoms with Gasteiger partial charge >= 0.3 is 0 Å². The zero-order chi connectivity index (χ0) is 11.0. The molecule has 4 nitrogen and oxygen atoms in total. The molecular weight excluding hydrogens is 328 g/mol. The van der Waals surface area contributed by atoms with Gasteiger partial charge in [-0.3, -0.25) is 9.48 Å². The van der Waals surface area contributed by atoms with Gasteiger partial charge in [0.05, 0.1) is 22.5 Å². The van der Waals surface area contributed by atoms with Crippen LogP contribution in [0, 0.1) is 0 Å². The van der Waals surface area contributed by atoms with Crippen LogP contribution >= 0.6 is 31.9 Å². The van der Waals surface area contributed by atoms with E-state index < -0.39 is 0 Å². The molecule has 6 heteroatoms. The number of hydrogen-bond donors (Lipinski definition) is 0. The molecule has 0 aliphatic rings. The molecule has 0 aliphatic carbocycles. The van der Waals surface area contributed by atoms with Crippen LogP contribution in [0.5, 0.6) is 0 Å². The molecule has 2 aromatic rings. The van der Waals surface area contributed by atoms with Crippen molar-refractivity contribution in [2.45, 2.75) is 0 Å². The molecule has 0 aromatic carbocycles. The van der Waals surface area contributed by atoms with Crippen molar-refractivity contribution in [1.82, 2.24) is 9.78 Å². The van der Waals surface area contributed by atoms with Crippen molar-refractivity contribution in [1.29, 1.82) is 0 Å². The van der Waals surface area contributed by atoms with Gasteiger partial charge in [0.1, 0.15) is 4.60 Å². The topological polar surface area (TPSA) is 48.0 Å². The summed E-state index contributed by atoms with van der Waals surface area (Å²) in [6.45, 7) is 0. The lowest BCUT2D eigenvalue weighted by molar-refractivity contribution is 0.101. The largest absolute Gasteiger partial charge is 0.460 e. The van der Waals surface area contributed by atoms with E-state index in [1.54, 1.807) is 17.8 Å². The average Bonchev–Trinajstić information content (AvgIpc) is 2.75. The number of hydrogen-bond acceptors (Lipinski definition) is 3. The van der Waals surface area contributed by atoms with Crippen LogP contribution in [0.4, 0.5) is 0 Å². The Labute approximate surface area is 103 Å². The number of nitrogens with zero attached hydrogens (tertiary/aromatic N) is 2. The van der Waals surface area contributed by atoms with Gasteiger partial charge in [0.15, 0.2) is 5.76 Å². The fourth-order valence-corrected chi connectivity index (χ4v) is 1.91. The Morgan fingerprint density at radius 1 is 1.53 bits per heavy atom. The van der Waals surface area contributed by atoms with Crippen LogP contribution in [0.2, 0.25) is 0 Å². The average molecular weight is 334 g/mol. The molecule has 78 valence electrons. The molecule has 0 unspecified atom stereocenters. The molecule has 0 fully saturated rings. The van der Waals surface area contributed by atoms with E-state index in [1.165, 1.54) is 12.5 Å². The van der Waals surface area contributed by atoms with Crippen LogP contribution in [-0.4, -0.2) is 15.6 Å². The molecule has 0 bridgehead atoms. The Morgan fingerprint density at radius 2 is 2.27 bits per heavy atom. The second-order valence-electron chi connectivity index (χ2n) is 2.90. The van der Waals surface area contributed by atoms with E-state index in [0.717, 1.165) is 0 Å². The number of carbonyl (C=O) groups excluding carboxylic acids is 1. The second kappa shape index (κ2) is 3.94. The predicted molar refractivity (Wildman–Crippen MR) is 60.7 cm³/mol. The standard InChI is InChI=1S/C9H6Br2N2O2/c1-13-9(11)5(4-12-13)7(14)8-6(10)2-3-15-8/h2-4H,1H3. The molecule has 0 atom stereocenters. The quantitative estimate of drug-likeness (QED) is 0.794. The smallest absolute Gasteiger partial charge is 0.233 e. The first-order valence-corrected chi connectivity index (χ1v) is 5.65. The lowest BCUT2D eigenvalue weighted by Gasteiger charge is -1.96. The first kappa shape index (κ1) is 10.6. The Hall–Kier alpha value is -0.880. The second-order valence-corrected chi connectivity index (χ2v) is 4.50. The summed E-state index contributed by atoms with van der Waals surface area (Å²) in [5, 5.41) is 3.97. The van der Waals surface area contributed by atoms with Gasteiger partial charge in [0.2, 0.25) is 5.78 Å². The van der Waals surface area contributed by atoms with Gasteiger partial charge in [-0.05, 0) is 37.9 Å². The molecule has 0 saturated carbocycles. The van der Waals surface area contributed by atoms with Gasteiger partial charge < -0.3 is 4.42 Å². The van der Waals surface area contributed by atoms with Gasteiger partial charge in [-0.15, -0.1) is 0 Å². The van der Waals surface area contributed by atoms with E-state index in [4.69, 9.17) is 4.42 Å². The molecule has 0 radical (unpaired) electrons. The number of carbonyl (C=O) groups is 1. The van der Waals surface area contributed by atoms with Gasteiger partial charge in [-0.2, -0.15) is 5.10 Å². The van der Waals surface area contributed by atoms with E-state index >= 15 is 0 Å². The maximum atomic E-state index is 12.0. The molecular formula is C9H6Br2N2O2. The van der Waals surface area contributed by atoms with E-state index in [-0.39, 0.29) is 11.5 Å². The van der Waals surface area contributed by atoms with Crippen molar-refractivity contribution in [3.05, 3.63) is 38.9 Å². The number of furan rings is 1. The number of ketones is 1. The molecule has 0 amide bonds. The highest BCUT2D eigenvalue weighted by Crippen LogP contribution is 2.24. The third-order valence-electron chi connectivity index (χ3n) is 1.93. The summed E-state index contributed by atoms with van der Waals surface area (Å²) in [6, 6.07) is 1.68. The maximum absolute atomic E-state index is 12.0. The maximum Gasteiger partial charge on any atom is 0.233 e. The van der Waals surface area contributed by atoms with Crippen LogP contribution in [-0.2, 0) is 7.05 Å². The molecule has 15 heavy (non-hydrogen) atoms. The van der Waals surface area contributed by atoms with Crippen molar-refractivity contribution in [2.24, 2.45) is 7.05 Å². The Kier molecular flexibility index (Phi) is 2.79. The van der Waals surface area contributed by atoms with Gasteiger partial charge in [-0.25, -0.2) is 0 Å². The summed E-state index contributed by atoms with van der Waals surface area (Å²) in [4.78, 5) is 12.0. The molecule has 0 saturated heterocycles. The number of aromatic nitrogens is 2. The highest BCUT2D eigenvalue weighted by molar-refractivity contribution is 9.10. The minimum atomic E-state index is -0.202. The molecule has 0 aliphatic heterocycles. The minimum Gasteiger partial charge on any atom is -0.460 e. The zero-order valence-corrected chi connectivity index (χ0v) is 10.9. The SMILES string of the molecule is Cn1ncc(C(=O)c2occc2Br)c1Br. The third kappa shape index (κ3) is 1.79. The van der Waals surface area contributed by atoms with Crippen LogP contribution < -0.4 is 0 Å². The molecule has 0 N–H and O–H groups in total. The predicted octanol–water partition coefficient (Wildman–Crippen LogP) is 2.77. The fourth-order valence-electron chi connectivity index (χ4n) is 1.15. The summed E-state index contributed by atoms with van der Waals surface area (Å²) in [5.41, 5.74) is 0.480. The summed E-state index contributed by atoms with van der Waals surface area (Å²) < 4.78 is 7.94. The molecule has 2 aromatic heterocycles. The zero-order valence-electron chi connectivity index (χ0n) is 7.70. The summed E-state index contributed by atoms with van der Waals surface area (Å²) in [5.74, 6) is 0.0792. The van der Waals surface area contributed by atoms with E-state index in [2.05, 4.69) is 37.0 Å². The number of halogens is 2. The minimum absolute atomic E-state index is 0.202. The van der Waals surface area contributed by atoms with E-state index in [0.29, 0.717) is 14.6 Å². The normalized spacial score (nSPS) is 10.6. The Morgan fingerprint density at radius 3 is 2.73 bits per heavy atom. The van der Waals surface area contributed by atoms with Crippen LogP contribution in [0.1, 0.15) is 16.1 Å². The van der Waals surface area contributed by atoms with Gasteiger partial charge in [-0.1, -0.05) is 0 Å². The summed E-state index contributed by atoms with van der Waals surface area (Å²) in [6.07, 6.45) is 2.96. The lowest BCUT2D eigenvalue weighted by atomic mass is 10.2. The highest BCUT2D eigenvalue weighted by atomic mass is 79.9. The van der Waals surface area contributed by atoms with E-state index in [1.807, 2.05) is 0 Å². The monoisotopic (exact) mass is 332 g/mol. The first-order valence-electron chi connectivity index (χ1n) is 4.06. The fraction of sp³-hybridized carbons (Fsp3) is 0.111. The van der Waals surface area contributed by atoms with Crippen LogP contribution in [0.3, 0.4) is 0 Å². The van der Waals surface area contributed by atoms with Crippen molar-refractivity contribution in [3.8, 4) is 0 Å². The number of aryl methyl sites for hydroxylation is 1. The van der Waals surface area contributed by atoms with Crippen molar-refractivity contribution in [2.75, 3.05) is 0 Å². The summed E-state index contributed by atoms with van der Waals surface area (Å²) in [7, 11) is 1.75. The first-order chi connectivity index (χ1) is 7.11. The van der Waals surface area contributed by atoms with Crippen LogP contribution in [0.15, 0.2) is 32.0 Å². The molecule has 2 heterocycles. The molecule has 2 rings (SSSR count). The third-order valence-corrected chi connectivity index (χ3v) is 3.50. The Balaban J connectivity index is 2.46. The van der Waals surface area contributed by atoms with Crippen molar-refractivity contribution < 1.29 is 9.21 Å². The van der Waals surface area contributed by atoms with Crippen molar-refractivity contribution in [3.63, 3.8) is 0 Å². The van der Waals surface area contributed by atoms with E-state index in [9.17, 15) is 4.79 Å². The number of rotatable bonds is 2. The van der Waals surface area contributed by atoms with Gasteiger partial charge in [0, 0.05) is 7.05 Å². The molecule has 0 spiro atoms. The summed E-state index contributed by atoms with van der Waals surface area (Å²) >= 11 is 6.52. The lowest BCUT2D eigenvalue weighted by Crippen LogP contribution is -2.00.